The molecule has 0 aliphatic carbocycles. The van der Waals surface area contributed by atoms with Crippen molar-refractivity contribution in [2.24, 2.45) is 0 Å². The molecular weight excluding hydrogens is 460 g/mol. The summed E-state index contributed by atoms with van der Waals surface area (Å²) in [5.74, 6) is 1.93. The van der Waals surface area contributed by atoms with E-state index in [4.69, 9.17) is 4.74 Å². The molecule has 1 heterocycles. The van der Waals surface area contributed by atoms with Crippen LogP contribution in [0.5, 0.6) is 11.5 Å². The summed E-state index contributed by atoms with van der Waals surface area (Å²) in [5, 5.41) is 12.9. The van der Waals surface area contributed by atoms with Gasteiger partial charge in [0.2, 0.25) is 0 Å². The Balaban J connectivity index is 1.48. The topological polar surface area (TPSA) is 9.23 Å². The zero-order valence-electron chi connectivity index (χ0n) is 20.6. The van der Waals surface area contributed by atoms with Crippen molar-refractivity contribution in [3.63, 3.8) is 0 Å². The van der Waals surface area contributed by atoms with Gasteiger partial charge in [0.1, 0.15) is 11.5 Å². The lowest BCUT2D eigenvalue weighted by molar-refractivity contribution is 0.456. The van der Waals surface area contributed by atoms with E-state index in [1.165, 1.54) is 70.6 Å². The smallest absolute Gasteiger partial charge is 0.132 e. The second-order valence-electron chi connectivity index (χ2n) is 10.4. The van der Waals surface area contributed by atoms with Crippen molar-refractivity contribution in [3.05, 3.63) is 144 Å². The summed E-state index contributed by atoms with van der Waals surface area (Å²) in [4.78, 5) is 0. The molecule has 1 heteroatoms. The van der Waals surface area contributed by atoms with Crippen LogP contribution in [0.1, 0.15) is 22.6 Å². The monoisotopic (exact) mass is 482 g/mol. The molecule has 0 radical (unpaired) electrons. The fraction of sp³-hybridized carbons (Fsp3) is 0.0270. The van der Waals surface area contributed by atoms with Gasteiger partial charge in [-0.05, 0) is 71.6 Å². The molecule has 1 nitrogen and oxygen atoms in total. The first-order valence-corrected chi connectivity index (χ1v) is 13.2. The first kappa shape index (κ1) is 20.2. The molecule has 176 valence electrons. The van der Waals surface area contributed by atoms with Crippen LogP contribution in [0.15, 0.2) is 127 Å². The first-order valence-electron chi connectivity index (χ1n) is 13.2. The van der Waals surface area contributed by atoms with E-state index < -0.39 is 0 Å². The maximum Gasteiger partial charge on any atom is 0.132 e. The van der Waals surface area contributed by atoms with Gasteiger partial charge in [-0.2, -0.15) is 0 Å². The molecule has 0 atom stereocenters. The van der Waals surface area contributed by atoms with Crippen molar-refractivity contribution in [1.82, 2.24) is 0 Å². The predicted molar refractivity (Wildman–Crippen MR) is 159 cm³/mol. The summed E-state index contributed by atoms with van der Waals surface area (Å²) < 4.78 is 6.67. The van der Waals surface area contributed by atoms with Crippen molar-refractivity contribution in [3.8, 4) is 11.5 Å². The third-order valence-corrected chi connectivity index (χ3v) is 8.53. The van der Waals surface area contributed by atoms with E-state index >= 15 is 0 Å². The number of hydrogen-bond donors (Lipinski definition) is 0. The molecule has 0 aromatic heterocycles. The zero-order chi connectivity index (χ0) is 24.8. The van der Waals surface area contributed by atoms with Crippen LogP contribution in [-0.2, 0) is 0 Å². The van der Waals surface area contributed by atoms with Gasteiger partial charge >= 0.3 is 0 Å². The van der Waals surface area contributed by atoms with E-state index in [-0.39, 0.29) is 5.92 Å². The van der Waals surface area contributed by atoms with Crippen molar-refractivity contribution in [2.75, 3.05) is 0 Å². The van der Waals surface area contributed by atoms with Crippen LogP contribution in [0.2, 0.25) is 0 Å². The maximum absolute atomic E-state index is 6.67. The molecule has 0 amide bonds. The summed E-state index contributed by atoms with van der Waals surface area (Å²) in [5.41, 5.74) is 3.83. The Kier molecular flexibility index (Phi) is 3.90. The Morgan fingerprint density at radius 2 is 0.868 bits per heavy atom. The van der Waals surface area contributed by atoms with Crippen molar-refractivity contribution < 1.29 is 4.74 Å². The summed E-state index contributed by atoms with van der Waals surface area (Å²) in [6.45, 7) is 0. The highest BCUT2D eigenvalue weighted by Crippen LogP contribution is 2.53. The van der Waals surface area contributed by atoms with Crippen LogP contribution in [-0.4, -0.2) is 0 Å². The molecule has 0 unspecified atom stereocenters. The SMILES string of the molecule is c1ccc2c3c(ccc2c1)Oc1ccc2ccccc2c1C3c1ccc2ccc3cccc4ccc1c2c34. The summed E-state index contributed by atoms with van der Waals surface area (Å²) in [7, 11) is 0. The fourth-order valence-electron chi connectivity index (χ4n) is 6.91. The van der Waals surface area contributed by atoms with Gasteiger partial charge in [-0.3, -0.25) is 0 Å². The van der Waals surface area contributed by atoms with Crippen molar-refractivity contribution in [2.45, 2.75) is 5.92 Å². The van der Waals surface area contributed by atoms with E-state index in [0.717, 1.165) is 11.5 Å². The minimum absolute atomic E-state index is 0.0375. The maximum atomic E-state index is 6.67. The molecule has 0 fully saturated rings. The van der Waals surface area contributed by atoms with Gasteiger partial charge in [-0.25, -0.2) is 0 Å². The zero-order valence-corrected chi connectivity index (χ0v) is 20.6. The molecule has 0 saturated carbocycles. The lowest BCUT2D eigenvalue weighted by Gasteiger charge is -2.32. The molecule has 38 heavy (non-hydrogen) atoms. The van der Waals surface area contributed by atoms with E-state index in [1.54, 1.807) is 0 Å². The molecule has 0 bridgehead atoms. The highest BCUT2D eigenvalue weighted by Gasteiger charge is 2.33. The molecule has 0 spiro atoms. The largest absolute Gasteiger partial charge is 0.457 e. The highest BCUT2D eigenvalue weighted by molar-refractivity contribution is 6.23. The molecule has 8 aromatic rings. The average Bonchev–Trinajstić information content (AvgIpc) is 2.98. The Hall–Kier alpha value is -4.88. The van der Waals surface area contributed by atoms with Crippen LogP contribution >= 0.6 is 0 Å². The quantitative estimate of drug-likeness (QED) is 0.211. The number of benzene rings is 8. The Labute approximate surface area is 219 Å². The molecule has 9 rings (SSSR count). The van der Waals surface area contributed by atoms with Gasteiger partial charge in [0.05, 0.1) is 0 Å². The third kappa shape index (κ3) is 2.60. The normalized spacial score (nSPS) is 13.4. The summed E-state index contributed by atoms with van der Waals surface area (Å²) in [6.07, 6.45) is 0. The number of hydrogen-bond acceptors (Lipinski definition) is 1. The highest BCUT2D eigenvalue weighted by atomic mass is 16.5. The van der Waals surface area contributed by atoms with Gasteiger partial charge in [-0.1, -0.05) is 115 Å². The van der Waals surface area contributed by atoms with Gasteiger partial charge in [0, 0.05) is 17.0 Å². The summed E-state index contributed by atoms with van der Waals surface area (Å²) in [6, 6.07) is 46.5. The fourth-order valence-corrected chi connectivity index (χ4v) is 6.91. The van der Waals surface area contributed by atoms with E-state index in [0.29, 0.717) is 0 Å². The molecular formula is C37H22O. The lowest BCUT2D eigenvalue weighted by atomic mass is 9.76. The van der Waals surface area contributed by atoms with Crippen LogP contribution in [0.4, 0.5) is 0 Å². The van der Waals surface area contributed by atoms with E-state index in [9.17, 15) is 0 Å². The van der Waals surface area contributed by atoms with Gasteiger partial charge in [0.25, 0.3) is 0 Å². The van der Waals surface area contributed by atoms with Crippen LogP contribution in [0.3, 0.4) is 0 Å². The van der Waals surface area contributed by atoms with Gasteiger partial charge < -0.3 is 4.74 Å². The average molecular weight is 483 g/mol. The van der Waals surface area contributed by atoms with Crippen LogP contribution in [0, 0.1) is 0 Å². The number of ether oxygens (including phenoxy) is 1. The Bertz CT molecular complexity index is 2120. The molecule has 0 N–H and O–H groups in total. The van der Waals surface area contributed by atoms with Gasteiger partial charge in [-0.15, -0.1) is 0 Å². The first-order chi connectivity index (χ1) is 18.8. The summed E-state index contributed by atoms with van der Waals surface area (Å²) >= 11 is 0. The number of rotatable bonds is 1. The van der Waals surface area contributed by atoms with E-state index in [1.807, 2.05) is 0 Å². The Morgan fingerprint density at radius 3 is 1.53 bits per heavy atom. The standard InChI is InChI=1S/C37H22O/c1-3-10-27-22(6-1)16-20-31-35(27)37(36-28-11-4-2-7-23(28)17-21-32(36)38-31)30-19-15-26-13-12-24-8-5-9-25-14-18-29(30)34(26)33(24)25/h1-21,37H. The predicted octanol–water partition coefficient (Wildman–Crippen LogP) is 10.2. The van der Waals surface area contributed by atoms with Crippen LogP contribution in [0.25, 0.3) is 53.9 Å². The molecule has 1 aliphatic heterocycles. The van der Waals surface area contributed by atoms with Crippen molar-refractivity contribution >= 4 is 53.9 Å². The lowest BCUT2D eigenvalue weighted by Crippen LogP contribution is -2.13. The minimum atomic E-state index is 0.0375. The Morgan fingerprint density at radius 1 is 0.368 bits per heavy atom. The molecule has 8 aromatic carbocycles. The van der Waals surface area contributed by atoms with Crippen LogP contribution < -0.4 is 4.74 Å². The third-order valence-electron chi connectivity index (χ3n) is 8.53. The molecule has 0 saturated heterocycles. The second-order valence-corrected chi connectivity index (χ2v) is 10.4. The van der Waals surface area contributed by atoms with Crippen molar-refractivity contribution in [1.29, 1.82) is 0 Å². The minimum Gasteiger partial charge on any atom is -0.457 e. The second kappa shape index (κ2) is 7.34. The van der Waals surface area contributed by atoms with E-state index in [2.05, 4.69) is 127 Å². The number of fused-ring (bicyclic) bond motifs is 6. The molecule has 1 aliphatic rings. The van der Waals surface area contributed by atoms with Gasteiger partial charge in [0.15, 0.2) is 0 Å².